The molecule has 1 aromatic heterocycles. The summed E-state index contributed by atoms with van der Waals surface area (Å²) in [6.07, 6.45) is 11.3. The number of carbonyl (C=O) groups is 1. The summed E-state index contributed by atoms with van der Waals surface area (Å²) >= 11 is 0. The number of amides is 1. The van der Waals surface area contributed by atoms with E-state index in [4.69, 9.17) is 0 Å². The first kappa shape index (κ1) is 15.2. The van der Waals surface area contributed by atoms with Crippen molar-refractivity contribution in [1.82, 2.24) is 15.3 Å². The molecule has 0 aromatic carbocycles. The summed E-state index contributed by atoms with van der Waals surface area (Å²) in [6.45, 7) is 4.89. The Balaban J connectivity index is 1.82. The Kier molecular flexibility index (Phi) is 5.94. The van der Waals surface area contributed by atoms with Gasteiger partial charge in [0.05, 0.1) is 0 Å². The zero-order valence-electron chi connectivity index (χ0n) is 12.3. The van der Waals surface area contributed by atoms with Crippen LogP contribution in [-0.2, 0) is 0 Å². The van der Waals surface area contributed by atoms with Crippen molar-refractivity contribution in [2.75, 3.05) is 18.4 Å². The molecule has 1 aliphatic rings. The molecule has 0 saturated carbocycles. The molecule has 2 rings (SSSR count). The zero-order chi connectivity index (χ0) is 14.9. The van der Waals surface area contributed by atoms with Crippen LogP contribution in [0.2, 0.25) is 0 Å². The Morgan fingerprint density at radius 3 is 3.05 bits per heavy atom. The van der Waals surface area contributed by atoms with Crippen LogP contribution in [0, 0.1) is 0 Å². The molecule has 0 spiro atoms. The van der Waals surface area contributed by atoms with Crippen LogP contribution >= 0.6 is 0 Å². The van der Waals surface area contributed by atoms with Gasteiger partial charge in [-0.2, -0.15) is 0 Å². The smallest absolute Gasteiger partial charge is 0.270 e. The fraction of sp³-hybridized carbons (Fsp3) is 0.438. The van der Waals surface area contributed by atoms with Gasteiger partial charge >= 0.3 is 0 Å². The van der Waals surface area contributed by atoms with Crippen LogP contribution in [0.1, 0.15) is 42.6 Å². The van der Waals surface area contributed by atoms with Crippen LogP contribution < -0.4 is 10.6 Å². The van der Waals surface area contributed by atoms with Gasteiger partial charge < -0.3 is 10.6 Å². The molecule has 1 aliphatic carbocycles. The van der Waals surface area contributed by atoms with E-state index in [-0.39, 0.29) is 5.91 Å². The van der Waals surface area contributed by atoms with Crippen LogP contribution in [0.25, 0.3) is 0 Å². The van der Waals surface area contributed by atoms with Crippen LogP contribution in [0.4, 0.5) is 5.82 Å². The number of aromatic nitrogens is 2. The summed E-state index contributed by atoms with van der Waals surface area (Å²) in [5.41, 5.74) is 1.84. The summed E-state index contributed by atoms with van der Waals surface area (Å²) in [7, 11) is 0. The predicted octanol–water partition coefficient (Wildman–Crippen LogP) is 2.69. The van der Waals surface area contributed by atoms with E-state index in [1.54, 1.807) is 12.1 Å². The monoisotopic (exact) mass is 286 g/mol. The molecule has 0 radical (unpaired) electrons. The largest absolute Gasteiger partial charge is 0.366 e. The maximum absolute atomic E-state index is 12.0. The first-order valence-corrected chi connectivity index (χ1v) is 7.42. The lowest BCUT2D eigenvalue weighted by Crippen LogP contribution is -2.26. The highest BCUT2D eigenvalue weighted by molar-refractivity contribution is 5.92. The summed E-state index contributed by atoms with van der Waals surface area (Å²) in [5, 5.41) is 5.95. The Bertz CT molecular complexity index is 525. The summed E-state index contributed by atoms with van der Waals surface area (Å²) in [5.74, 6) is 0.473. The maximum atomic E-state index is 12.0. The number of hydrogen-bond acceptors (Lipinski definition) is 4. The molecule has 0 atom stereocenters. The van der Waals surface area contributed by atoms with Crippen LogP contribution in [0.15, 0.2) is 36.7 Å². The molecule has 0 saturated heterocycles. The minimum Gasteiger partial charge on any atom is -0.366 e. The first-order chi connectivity index (χ1) is 10.3. The van der Waals surface area contributed by atoms with Crippen molar-refractivity contribution in [2.24, 2.45) is 0 Å². The number of hydrogen-bond donors (Lipinski definition) is 2. The van der Waals surface area contributed by atoms with Gasteiger partial charge in [-0.25, -0.2) is 9.97 Å². The van der Waals surface area contributed by atoms with Crippen LogP contribution in [0.5, 0.6) is 0 Å². The second kappa shape index (κ2) is 8.19. The second-order valence-corrected chi connectivity index (χ2v) is 5.07. The topological polar surface area (TPSA) is 66.9 Å². The van der Waals surface area contributed by atoms with Crippen molar-refractivity contribution in [1.29, 1.82) is 0 Å². The molecule has 1 aromatic rings. The highest BCUT2D eigenvalue weighted by Gasteiger charge is 2.09. The number of nitrogens with zero attached hydrogens (tertiary/aromatic N) is 2. The minimum absolute atomic E-state index is 0.157. The van der Waals surface area contributed by atoms with Crippen molar-refractivity contribution in [2.45, 2.75) is 32.1 Å². The number of nitrogens with one attached hydrogen (secondary N) is 2. The van der Waals surface area contributed by atoms with Gasteiger partial charge in [0.25, 0.3) is 5.91 Å². The number of anilines is 1. The average molecular weight is 286 g/mol. The van der Waals surface area contributed by atoms with E-state index >= 15 is 0 Å². The third-order valence-corrected chi connectivity index (χ3v) is 3.44. The van der Waals surface area contributed by atoms with Crippen molar-refractivity contribution in [3.05, 3.63) is 42.4 Å². The number of allylic oxidation sites excluding steroid dienone is 1. The predicted molar refractivity (Wildman–Crippen MR) is 84.2 cm³/mol. The zero-order valence-corrected chi connectivity index (χ0v) is 12.3. The van der Waals surface area contributed by atoms with Gasteiger partial charge in [-0.05, 0) is 32.1 Å². The van der Waals surface area contributed by atoms with Gasteiger partial charge in [0.15, 0.2) is 0 Å². The van der Waals surface area contributed by atoms with E-state index in [1.807, 2.05) is 0 Å². The Morgan fingerprint density at radius 2 is 2.29 bits per heavy atom. The van der Waals surface area contributed by atoms with E-state index in [0.29, 0.717) is 24.6 Å². The maximum Gasteiger partial charge on any atom is 0.270 e. The number of carbonyl (C=O) groups excluding carboxylic acids is 1. The van der Waals surface area contributed by atoms with Crippen molar-refractivity contribution in [3.63, 3.8) is 0 Å². The van der Waals surface area contributed by atoms with Crippen LogP contribution in [0.3, 0.4) is 0 Å². The standard InChI is InChI=1S/C16H22N4O/c1-2-9-17-15-11-14(19-12-20-15)16(21)18-10-8-13-6-4-3-5-7-13/h2,6,11-12H,1,3-5,7-10H2,(H,18,21)(H,17,19,20). The second-order valence-electron chi connectivity index (χ2n) is 5.07. The third-order valence-electron chi connectivity index (χ3n) is 3.44. The lowest BCUT2D eigenvalue weighted by Gasteiger charge is -2.12. The van der Waals surface area contributed by atoms with Crippen LogP contribution in [-0.4, -0.2) is 29.0 Å². The highest BCUT2D eigenvalue weighted by Crippen LogP contribution is 2.19. The summed E-state index contributed by atoms with van der Waals surface area (Å²) in [4.78, 5) is 20.1. The molecule has 0 aliphatic heterocycles. The summed E-state index contributed by atoms with van der Waals surface area (Å²) in [6, 6.07) is 1.65. The van der Waals surface area contributed by atoms with Gasteiger partial charge in [0.2, 0.25) is 0 Å². The molecule has 0 fully saturated rings. The van der Waals surface area contributed by atoms with E-state index in [2.05, 4.69) is 33.3 Å². The molecule has 5 nitrogen and oxygen atoms in total. The molecule has 1 heterocycles. The Labute approximate surface area is 125 Å². The van der Waals surface area contributed by atoms with E-state index < -0.39 is 0 Å². The van der Waals surface area contributed by atoms with Gasteiger partial charge in [-0.3, -0.25) is 4.79 Å². The van der Waals surface area contributed by atoms with Gasteiger partial charge in [-0.1, -0.05) is 17.7 Å². The molecule has 21 heavy (non-hydrogen) atoms. The molecule has 0 unspecified atom stereocenters. The quantitative estimate of drug-likeness (QED) is 0.756. The summed E-state index contributed by atoms with van der Waals surface area (Å²) < 4.78 is 0. The van der Waals surface area contributed by atoms with Crippen molar-refractivity contribution < 1.29 is 4.79 Å². The normalized spacial score (nSPS) is 14.2. The van der Waals surface area contributed by atoms with E-state index in [1.165, 1.54) is 37.6 Å². The van der Waals surface area contributed by atoms with Crippen molar-refractivity contribution >= 4 is 11.7 Å². The number of rotatable bonds is 7. The van der Waals surface area contributed by atoms with Crippen molar-refractivity contribution in [3.8, 4) is 0 Å². The lowest BCUT2D eigenvalue weighted by molar-refractivity contribution is 0.0949. The highest BCUT2D eigenvalue weighted by atomic mass is 16.1. The third kappa shape index (κ3) is 5.02. The molecule has 1 amide bonds. The Hall–Kier alpha value is -2.17. The first-order valence-electron chi connectivity index (χ1n) is 7.42. The molecule has 5 heteroatoms. The van der Waals surface area contributed by atoms with E-state index in [9.17, 15) is 4.79 Å². The molecular formula is C16H22N4O. The molecular weight excluding hydrogens is 264 g/mol. The lowest BCUT2D eigenvalue weighted by atomic mass is 9.97. The van der Waals surface area contributed by atoms with Gasteiger partial charge in [0.1, 0.15) is 17.8 Å². The van der Waals surface area contributed by atoms with Gasteiger partial charge in [-0.15, -0.1) is 6.58 Å². The fourth-order valence-electron chi connectivity index (χ4n) is 2.31. The SMILES string of the molecule is C=CCNc1cc(C(=O)NCCC2=CCCCC2)ncn1. The minimum atomic E-state index is -0.157. The molecule has 112 valence electrons. The van der Waals surface area contributed by atoms with E-state index in [0.717, 1.165) is 6.42 Å². The van der Waals surface area contributed by atoms with Gasteiger partial charge in [0, 0.05) is 19.2 Å². The molecule has 0 bridgehead atoms. The Morgan fingerprint density at radius 1 is 1.38 bits per heavy atom. The fourth-order valence-corrected chi connectivity index (χ4v) is 2.31. The average Bonchev–Trinajstić information content (AvgIpc) is 2.54. The molecule has 2 N–H and O–H groups in total.